The minimum atomic E-state index is -1.21. The predicted molar refractivity (Wildman–Crippen MR) is 85.8 cm³/mol. The number of H-pyrrole nitrogens is 1. The molecule has 0 saturated carbocycles. The third-order valence-corrected chi connectivity index (χ3v) is 3.85. The Kier molecular flexibility index (Phi) is 5.15. The normalized spacial score (nSPS) is 11.9. The van der Waals surface area contributed by atoms with Gasteiger partial charge in [-0.1, -0.05) is 0 Å². The number of hydrogen-bond donors (Lipinski definition) is 1. The van der Waals surface area contributed by atoms with Crippen LogP contribution >= 0.6 is 0 Å². The van der Waals surface area contributed by atoms with Crippen molar-refractivity contribution < 1.29 is 27.9 Å². The summed E-state index contributed by atoms with van der Waals surface area (Å²) in [4.78, 5) is 38.9. The zero-order chi connectivity index (χ0) is 18.9. The van der Waals surface area contributed by atoms with Crippen molar-refractivity contribution in [2.45, 2.75) is 33.8 Å². The van der Waals surface area contributed by atoms with Gasteiger partial charge in [-0.15, -0.1) is 0 Å². The Labute approximate surface area is 143 Å². The van der Waals surface area contributed by atoms with Crippen LogP contribution in [-0.4, -0.2) is 28.6 Å². The molecular weight excluding hydrogens is 332 g/mol. The second-order valence-corrected chi connectivity index (χ2v) is 5.72. The first-order valence-electron chi connectivity index (χ1n) is 7.53. The summed E-state index contributed by atoms with van der Waals surface area (Å²) in [5.74, 6) is -3.91. The lowest BCUT2D eigenvalue weighted by atomic mass is 10.1. The lowest BCUT2D eigenvalue weighted by Crippen LogP contribution is -2.25. The first-order valence-corrected chi connectivity index (χ1v) is 7.53. The molecule has 132 valence electrons. The van der Waals surface area contributed by atoms with Crippen LogP contribution in [0, 0.1) is 25.5 Å². The van der Waals surface area contributed by atoms with Gasteiger partial charge in [-0.2, -0.15) is 0 Å². The molecule has 0 fully saturated rings. The molecule has 2 rings (SSSR count). The minimum Gasteiger partial charge on any atom is -0.450 e. The van der Waals surface area contributed by atoms with E-state index in [0.717, 1.165) is 18.2 Å². The minimum absolute atomic E-state index is 0.0765. The van der Waals surface area contributed by atoms with Crippen molar-refractivity contribution in [3.05, 3.63) is 57.9 Å². The number of hydrogen-bond acceptors (Lipinski definition) is 4. The van der Waals surface area contributed by atoms with E-state index in [-0.39, 0.29) is 17.0 Å². The number of ether oxygens (including phenoxy) is 1. The van der Waals surface area contributed by atoms with Gasteiger partial charge in [0.2, 0.25) is 5.78 Å². The zero-order valence-corrected chi connectivity index (χ0v) is 14.2. The van der Waals surface area contributed by atoms with E-state index >= 15 is 0 Å². The molecule has 0 amide bonds. The molecule has 0 bridgehead atoms. The molecule has 0 saturated heterocycles. The number of Topliss-reactive ketones (excluding diaryl/α,β-unsaturated/α-hetero) is 2. The number of esters is 1. The van der Waals surface area contributed by atoms with Gasteiger partial charge < -0.3 is 9.72 Å². The molecular formula is C18H17F2NO4. The van der Waals surface area contributed by atoms with Crippen molar-refractivity contribution in [3.63, 3.8) is 0 Å². The second kappa shape index (κ2) is 6.96. The van der Waals surface area contributed by atoms with Crippen molar-refractivity contribution in [2.24, 2.45) is 0 Å². The number of rotatable bonds is 5. The van der Waals surface area contributed by atoms with Gasteiger partial charge in [0.05, 0.1) is 0 Å². The van der Waals surface area contributed by atoms with E-state index in [1.807, 2.05) is 0 Å². The predicted octanol–water partition coefficient (Wildman–Crippen LogP) is 3.54. The third kappa shape index (κ3) is 3.65. The summed E-state index contributed by atoms with van der Waals surface area (Å²) >= 11 is 0. The van der Waals surface area contributed by atoms with Crippen LogP contribution < -0.4 is 0 Å². The Morgan fingerprint density at radius 3 is 2.28 bits per heavy atom. The quantitative estimate of drug-likeness (QED) is 0.662. The van der Waals surface area contributed by atoms with Crippen LogP contribution in [0.3, 0.4) is 0 Å². The van der Waals surface area contributed by atoms with E-state index in [9.17, 15) is 23.2 Å². The average Bonchev–Trinajstić information content (AvgIpc) is 2.84. The molecule has 0 aliphatic rings. The summed E-state index contributed by atoms with van der Waals surface area (Å²) in [5, 5.41) is 0. The monoisotopic (exact) mass is 349 g/mol. The van der Waals surface area contributed by atoms with E-state index < -0.39 is 29.5 Å². The Bertz CT molecular complexity index is 870. The van der Waals surface area contributed by atoms with Crippen molar-refractivity contribution in [3.8, 4) is 0 Å². The summed E-state index contributed by atoms with van der Waals surface area (Å²) < 4.78 is 31.3. The molecule has 0 aliphatic carbocycles. The molecule has 25 heavy (non-hydrogen) atoms. The maximum absolute atomic E-state index is 13.2. The first kappa shape index (κ1) is 18.5. The lowest BCUT2D eigenvalue weighted by molar-refractivity contribution is 0.0313. The number of benzene rings is 1. The largest absolute Gasteiger partial charge is 0.450 e. The van der Waals surface area contributed by atoms with Crippen LogP contribution in [0.2, 0.25) is 0 Å². The van der Waals surface area contributed by atoms with Gasteiger partial charge in [0.1, 0.15) is 5.69 Å². The van der Waals surface area contributed by atoms with Crippen LogP contribution in [0.5, 0.6) is 0 Å². The third-order valence-electron chi connectivity index (χ3n) is 3.85. The summed E-state index contributed by atoms with van der Waals surface area (Å²) in [6.45, 7) is 5.96. The van der Waals surface area contributed by atoms with E-state index in [1.54, 1.807) is 13.8 Å². The molecule has 0 spiro atoms. The molecule has 1 heterocycles. The standard InChI is InChI=1S/C18H17F2NO4/c1-8-15(10(3)22)9(2)21-16(8)18(24)25-11(4)17(23)12-5-6-13(19)14(20)7-12/h5-7,11,21H,1-4H3/t11-/m0/s1. The van der Waals surface area contributed by atoms with E-state index in [1.165, 1.54) is 13.8 Å². The molecule has 1 atom stereocenters. The topological polar surface area (TPSA) is 76.2 Å². The molecule has 1 N–H and O–H groups in total. The average molecular weight is 349 g/mol. The number of aromatic nitrogens is 1. The van der Waals surface area contributed by atoms with Crippen LogP contribution in [0.4, 0.5) is 8.78 Å². The smallest absolute Gasteiger partial charge is 0.355 e. The lowest BCUT2D eigenvalue weighted by Gasteiger charge is -2.12. The number of nitrogens with one attached hydrogen (secondary N) is 1. The summed E-state index contributed by atoms with van der Waals surface area (Å²) in [5.41, 5.74) is 1.32. The number of aromatic amines is 1. The molecule has 1 aromatic carbocycles. The van der Waals surface area contributed by atoms with Gasteiger partial charge in [0.25, 0.3) is 0 Å². The van der Waals surface area contributed by atoms with Gasteiger partial charge in [-0.3, -0.25) is 9.59 Å². The van der Waals surface area contributed by atoms with Gasteiger partial charge in [0, 0.05) is 16.8 Å². The molecule has 7 heteroatoms. The Hall–Kier alpha value is -2.83. The Balaban J connectivity index is 2.20. The number of carbonyl (C=O) groups excluding carboxylic acids is 3. The first-order chi connectivity index (χ1) is 11.6. The van der Waals surface area contributed by atoms with Gasteiger partial charge in [-0.25, -0.2) is 13.6 Å². The van der Waals surface area contributed by atoms with Crippen LogP contribution in [0.1, 0.15) is 56.3 Å². The van der Waals surface area contributed by atoms with Crippen LogP contribution in [-0.2, 0) is 4.74 Å². The highest BCUT2D eigenvalue weighted by atomic mass is 19.2. The van der Waals surface area contributed by atoms with E-state index in [4.69, 9.17) is 4.74 Å². The second-order valence-electron chi connectivity index (χ2n) is 5.72. The molecule has 5 nitrogen and oxygen atoms in total. The highest BCUT2D eigenvalue weighted by Crippen LogP contribution is 2.20. The number of ketones is 2. The fourth-order valence-electron chi connectivity index (χ4n) is 2.64. The maximum Gasteiger partial charge on any atom is 0.355 e. The van der Waals surface area contributed by atoms with Gasteiger partial charge in [0.15, 0.2) is 23.5 Å². The maximum atomic E-state index is 13.2. The number of carbonyl (C=O) groups is 3. The Morgan fingerprint density at radius 1 is 1.12 bits per heavy atom. The summed E-state index contributed by atoms with van der Waals surface area (Å²) in [6, 6.07) is 2.69. The fraction of sp³-hybridized carbons (Fsp3) is 0.278. The SMILES string of the molecule is CC(=O)c1c(C)[nH]c(C(=O)O[C@@H](C)C(=O)c2ccc(F)c(F)c2)c1C. The fourth-order valence-corrected chi connectivity index (χ4v) is 2.64. The van der Waals surface area contributed by atoms with Crippen molar-refractivity contribution in [2.75, 3.05) is 0 Å². The summed E-state index contributed by atoms with van der Waals surface area (Å²) in [6.07, 6.45) is -1.21. The molecule has 0 radical (unpaired) electrons. The van der Waals surface area contributed by atoms with Crippen molar-refractivity contribution in [1.82, 2.24) is 4.98 Å². The zero-order valence-electron chi connectivity index (χ0n) is 14.2. The van der Waals surface area contributed by atoms with Crippen molar-refractivity contribution >= 4 is 17.5 Å². The molecule has 0 aliphatic heterocycles. The van der Waals surface area contributed by atoms with E-state index in [0.29, 0.717) is 16.8 Å². The van der Waals surface area contributed by atoms with Gasteiger partial charge in [-0.05, 0) is 51.5 Å². The van der Waals surface area contributed by atoms with Crippen LogP contribution in [0.25, 0.3) is 0 Å². The highest BCUT2D eigenvalue weighted by molar-refractivity contribution is 6.03. The van der Waals surface area contributed by atoms with Crippen LogP contribution in [0.15, 0.2) is 18.2 Å². The summed E-state index contributed by atoms with van der Waals surface area (Å²) in [7, 11) is 0. The number of halogens is 2. The highest BCUT2D eigenvalue weighted by Gasteiger charge is 2.25. The molecule has 1 aromatic heterocycles. The molecule has 2 aromatic rings. The van der Waals surface area contributed by atoms with Gasteiger partial charge >= 0.3 is 5.97 Å². The Morgan fingerprint density at radius 2 is 1.76 bits per heavy atom. The van der Waals surface area contributed by atoms with Crippen molar-refractivity contribution in [1.29, 1.82) is 0 Å². The molecule has 0 unspecified atom stereocenters. The van der Waals surface area contributed by atoms with E-state index in [2.05, 4.69) is 4.98 Å². The number of aryl methyl sites for hydroxylation is 1.